The van der Waals surface area contributed by atoms with E-state index in [9.17, 15) is 4.79 Å². The van der Waals surface area contributed by atoms with Gasteiger partial charge in [0.1, 0.15) is 0 Å². The second-order valence-electron chi connectivity index (χ2n) is 4.58. The van der Waals surface area contributed by atoms with E-state index in [0.29, 0.717) is 5.92 Å². The molecule has 0 saturated heterocycles. The molecule has 1 aromatic carbocycles. The van der Waals surface area contributed by atoms with E-state index in [2.05, 4.69) is 26.5 Å². The molecule has 0 atom stereocenters. The van der Waals surface area contributed by atoms with E-state index >= 15 is 0 Å². The van der Waals surface area contributed by atoms with Gasteiger partial charge in [0, 0.05) is 23.5 Å². The van der Waals surface area contributed by atoms with E-state index < -0.39 is 0 Å². The summed E-state index contributed by atoms with van der Waals surface area (Å²) in [6, 6.07) is 7.45. The highest BCUT2D eigenvalue weighted by molar-refractivity contribution is 7.80. The molecule has 0 aliphatic rings. The van der Waals surface area contributed by atoms with Crippen LogP contribution in [0.1, 0.15) is 44.0 Å². The lowest BCUT2D eigenvalue weighted by Gasteiger charge is -2.25. The number of benzene rings is 1. The van der Waals surface area contributed by atoms with Crippen LogP contribution in [0.3, 0.4) is 0 Å². The molecule has 18 heavy (non-hydrogen) atoms. The Balaban J connectivity index is 2.79. The number of hydrogen-bond acceptors (Lipinski definition) is 2. The Kier molecular flexibility index (Phi) is 6.27. The van der Waals surface area contributed by atoms with Crippen LogP contribution in [-0.4, -0.2) is 23.9 Å². The minimum absolute atomic E-state index is 0.111. The van der Waals surface area contributed by atoms with Crippen molar-refractivity contribution in [2.75, 3.05) is 13.1 Å². The van der Waals surface area contributed by atoms with Crippen LogP contribution in [0.2, 0.25) is 0 Å². The van der Waals surface area contributed by atoms with Crippen LogP contribution in [0, 0.1) is 5.92 Å². The molecule has 0 fully saturated rings. The quantitative estimate of drug-likeness (QED) is 0.774. The Morgan fingerprint density at radius 1 is 1.28 bits per heavy atom. The van der Waals surface area contributed by atoms with Crippen LogP contribution in [0.15, 0.2) is 29.2 Å². The first-order valence-corrected chi connectivity index (χ1v) is 7.15. The smallest absolute Gasteiger partial charge is 0.253 e. The standard InChI is InChI=1S/C15H23NOS/c1-4-12(5-2)11-16(6-3)15(17)13-8-7-9-14(18)10-13/h7-10,12,18H,4-6,11H2,1-3H3. The van der Waals surface area contributed by atoms with Gasteiger partial charge in [-0.2, -0.15) is 0 Å². The number of thiol groups is 1. The molecule has 1 rings (SSSR count). The predicted molar refractivity (Wildman–Crippen MR) is 79.3 cm³/mol. The van der Waals surface area contributed by atoms with Crippen LogP contribution in [0.5, 0.6) is 0 Å². The number of hydrogen-bond donors (Lipinski definition) is 1. The maximum Gasteiger partial charge on any atom is 0.253 e. The first-order chi connectivity index (χ1) is 8.62. The summed E-state index contributed by atoms with van der Waals surface area (Å²) in [6.45, 7) is 8.00. The topological polar surface area (TPSA) is 20.3 Å². The minimum Gasteiger partial charge on any atom is -0.339 e. The van der Waals surface area contributed by atoms with E-state index in [1.165, 1.54) is 0 Å². The monoisotopic (exact) mass is 265 g/mol. The van der Waals surface area contributed by atoms with Crippen molar-refractivity contribution in [2.24, 2.45) is 5.92 Å². The van der Waals surface area contributed by atoms with Gasteiger partial charge in [-0.25, -0.2) is 0 Å². The highest BCUT2D eigenvalue weighted by atomic mass is 32.1. The Morgan fingerprint density at radius 2 is 1.94 bits per heavy atom. The van der Waals surface area contributed by atoms with Crippen molar-refractivity contribution in [2.45, 2.75) is 38.5 Å². The molecule has 1 aromatic rings. The van der Waals surface area contributed by atoms with Crippen LogP contribution in [0.4, 0.5) is 0 Å². The maximum absolute atomic E-state index is 12.4. The maximum atomic E-state index is 12.4. The average molecular weight is 265 g/mol. The summed E-state index contributed by atoms with van der Waals surface area (Å²) in [6.07, 6.45) is 2.24. The SMILES string of the molecule is CCC(CC)CN(CC)C(=O)c1cccc(S)c1. The van der Waals surface area contributed by atoms with Gasteiger partial charge >= 0.3 is 0 Å². The molecule has 0 aliphatic carbocycles. The van der Waals surface area contributed by atoms with Crippen LogP contribution >= 0.6 is 12.6 Å². The van der Waals surface area contributed by atoms with Crippen molar-refractivity contribution < 1.29 is 4.79 Å². The molecule has 1 amide bonds. The van der Waals surface area contributed by atoms with Gasteiger partial charge in [-0.1, -0.05) is 32.8 Å². The van der Waals surface area contributed by atoms with E-state index in [0.717, 1.165) is 36.4 Å². The highest BCUT2D eigenvalue weighted by Gasteiger charge is 2.17. The molecule has 0 spiro atoms. The molecule has 0 saturated carbocycles. The molecule has 0 N–H and O–H groups in total. The van der Waals surface area contributed by atoms with Crippen LogP contribution in [-0.2, 0) is 0 Å². The summed E-state index contributed by atoms with van der Waals surface area (Å²) in [7, 11) is 0. The van der Waals surface area contributed by atoms with Crippen LogP contribution in [0.25, 0.3) is 0 Å². The summed E-state index contributed by atoms with van der Waals surface area (Å²) in [5, 5.41) is 0. The highest BCUT2D eigenvalue weighted by Crippen LogP contribution is 2.15. The second kappa shape index (κ2) is 7.47. The summed E-state index contributed by atoms with van der Waals surface area (Å²) in [5.74, 6) is 0.702. The third-order valence-electron chi connectivity index (χ3n) is 3.40. The summed E-state index contributed by atoms with van der Waals surface area (Å²) < 4.78 is 0. The Bertz CT molecular complexity index is 388. The Labute approximate surface area is 116 Å². The zero-order valence-electron chi connectivity index (χ0n) is 11.5. The third kappa shape index (κ3) is 4.05. The second-order valence-corrected chi connectivity index (χ2v) is 5.09. The first-order valence-electron chi connectivity index (χ1n) is 6.70. The first kappa shape index (κ1) is 15.1. The lowest BCUT2D eigenvalue weighted by molar-refractivity contribution is 0.0734. The largest absolute Gasteiger partial charge is 0.339 e. The zero-order chi connectivity index (χ0) is 13.5. The van der Waals surface area contributed by atoms with Gasteiger partial charge in [0.05, 0.1) is 0 Å². The Hall–Kier alpha value is -0.960. The fourth-order valence-electron chi connectivity index (χ4n) is 2.04. The molecule has 100 valence electrons. The van der Waals surface area contributed by atoms with E-state index in [4.69, 9.17) is 0 Å². The molecule has 0 heterocycles. The zero-order valence-corrected chi connectivity index (χ0v) is 12.4. The molecule has 0 aromatic heterocycles. The van der Waals surface area contributed by atoms with E-state index in [1.54, 1.807) is 0 Å². The van der Waals surface area contributed by atoms with Crippen molar-refractivity contribution in [3.63, 3.8) is 0 Å². The van der Waals surface area contributed by atoms with Crippen molar-refractivity contribution in [3.05, 3.63) is 29.8 Å². The average Bonchev–Trinajstić information content (AvgIpc) is 2.39. The van der Waals surface area contributed by atoms with Gasteiger partial charge in [-0.15, -0.1) is 12.6 Å². The number of nitrogens with zero attached hydrogens (tertiary/aromatic N) is 1. The molecule has 0 radical (unpaired) electrons. The molecule has 0 bridgehead atoms. The molecule has 2 nitrogen and oxygen atoms in total. The molecule has 0 aliphatic heterocycles. The number of carbonyl (C=O) groups excluding carboxylic acids is 1. The van der Waals surface area contributed by atoms with E-state index in [-0.39, 0.29) is 5.91 Å². The van der Waals surface area contributed by atoms with Crippen molar-refractivity contribution in [1.29, 1.82) is 0 Å². The van der Waals surface area contributed by atoms with Gasteiger partial charge in [0.15, 0.2) is 0 Å². The van der Waals surface area contributed by atoms with Gasteiger partial charge in [0.25, 0.3) is 5.91 Å². The fraction of sp³-hybridized carbons (Fsp3) is 0.533. The number of amides is 1. The number of carbonyl (C=O) groups is 1. The van der Waals surface area contributed by atoms with Gasteiger partial charge in [-0.3, -0.25) is 4.79 Å². The lowest BCUT2D eigenvalue weighted by Crippen LogP contribution is -2.35. The van der Waals surface area contributed by atoms with Gasteiger partial charge in [-0.05, 0) is 31.0 Å². The van der Waals surface area contributed by atoms with Crippen molar-refractivity contribution in [3.8, 4) is 0 Å². The summed E-state index contributed by atoms with van der Waals surface area (Å²) in [4.78, 5) is 15.2. The summed E-state index contributed by atoms with van der Waals surface area (Å²) in [5.41, 5.74) is 0.732. The third-order valence-corrected chi connectivity index (χ3v) is 3.67. The van der Waals surface area contributed by atoms with Gasteiger partial charge < -0.3 is 4.90 Å². The molecule has 0 unspecified atom stereocenters. The minimum atomic E-state index is 0.111. The van der Waals surface area contributed by atoms with Crippen molar-refractivity contribution in [1.82, 2.24) is 4.90 Å². The Morgan fingerprint density at radius 3 is 2.44 bits per heavy atom. The van der Waals surface area contributed by atoms with Crippen LogP contribution < -0.4 is 0 Å². The molecular formula is C15H23NOS. The number of rotatable bonds is 6. The fourth-order valence-corrected chi connectivity index (χ4v) is 2.26. The normalized spacial score (nSPS) is 10.7. The summed E-state index contributed by atoms with van der Waals surface area (Å²) >= 11 is 4.28. The van der Waals surface area contributed by atoms with Crippen molar-refractivity contribution >= 4 is 18.5 Å². The lowest BCUT2D eigenvalue weighted by atomic mass is 10.0. The van der Waals surface area contributed by atoms with Gasteiger partial charge in [0.2, 0.25) is 0 Å². The van der Waals surface area contributed by atoms with E-state index in [1.807, 2.05) is 36.1 Å². The predicted octanol–water partition coefficient (Wildman–Crippen LogP) is 3.87. The molecular weight excluding hydrogens is 242 g/mol. The molecule has 3 heteroatoms.